The fraction of sp³-hybridized carbons (Fsp3) is 0.474. The standard InChI is InChI=1S/C19H20ClNO4/c1-21-16(11-5-3-4-6-13(11)24-2)15-17(22)12-9-10(20)7-8-14(12)25-18(15)19(21)23/h3-6,10,12,14,16H,7-9H2,1-2H3. The molecule has 1 aliphatic carbocycles. The smallest absolute Gasteiger partial charge is 0.289 e. The number of amides is 1. The number of para-hydroxylation sites is 1. The molecule has 0 N–H and O–H groups in total. The minimum absolute atomic E-state index is 0.00907. The van der Waals surface area contributed by atoms with Crippen LogP contribution in [-0.4, -0.2) is 42.2 Å². The van der Waals surface area contributed by atoms with Crippen molar-refractivity contribution in [1.82, 2.24) is 4.90 Å². The van der Waals surface area contributed by atoms with Crippen molar-refractivity contribution in [1.29, 1.82) is 0 Å². The first-order chi connectivity index (χ1) is 12.0. The van der Waals surface area contributed by atoms with Crippen LogP contribution in [0.4, 0.5) is 0 Å². The first-order valence-electron chi connectivity index (χ1n) is 8.52. The fourth-order valence-electron chi connectivity index (χ4n) is 4.19. The maximum Gasteiger partial charge on any atom is 0.289 e. The van der Waals surface area contributed by atoms with Gasteiger partial charge >= 0.3 is 0 Å². The zero-order valence-electron chi connectivity index (χ0n) is 14.2. The van der Waals surface area contributed by atoms with Gasteiger partial charge in [0.15, 0.2) is 11.5 Å². The van der Waals surface area contributed by atoms with Crippen LogP contribution in [0.2, 0.25) is 0 Å². The van der Waals surface area contributed by atoms with Gasteiger partial charge in [-0.15, -0.1) is 11.6 Å². The number of carbonyl (C=O) groups is 2. The van der Waals surface area contributed by atoms with E-state index in [-0.39, 0.29) is 34.8 Å². The summed E-state index contributed by atoms with van der Waals surface area (Å²) in [5, 5.41) is -0.0181. The van der Waals surface area contributed by atoms with Crippen LogP contribution in [0.5, 0.6) is 5.75 Å². The number of hydrogen-bond acceptors (Lipinski definition) is 4. The third kappa shape index (κ3) is 2.44. The molecule has 1 amide bonds. The van der Waals surface area contributed by atoms with Crippen LogP contribution in [-0.2, 0) is 14.3 Å². The van der Waals surface area contributed by atoms with Gasteiger partial charge in [-0.05, 0) is 25.3 Å². The molecule has 132 valence electrons. The van der Waals surface area contributed by atoms with Crippen molar-refractivity contribution >= 4 is 23.3 Å². The van der Waals surface area contributed by atoms with E-state index in [1.54, 1.807) is 19.1 Å². The Morgan fingerprint density at radius 3 is 2.76 bits per heavy atom. The molecule has 3 aliphatic rings. The van der Waals surface area contributed by atoms with Gasteiger partial charge < -0.3 is 14.4 Å². The molecule has 4 rings (SSSR count). The number of halogens is 1. The normalized spacial score (nSPS) is 31.6. The van der Waals surface area contributed by atoms with Crippen LogP contribution < -0.4 is 4.74 Å². The highest BCUT2D eigenvalue weighted by atomic mass is 35.5. The average Bonchev–Trinajstić information content (AvgIpc) is 2.87. The highest BCUT2D eigenvalue weighted by Crippen LogP contribution is 2.48. The monoisotopic (exact) mass is 361 g/mol. The van der Waals surface area contributed by atoms with Crippen LogP contribution in [0.1, 0.15) is 30.9 Å². The van der Waals surface area contributed by atoms with E-state index in [9.17, 15) is 9.59 Å². The molecule has 0 bridgehead atoms. The topological polar surface area (TPSA) is 55.8 Å². The number of carbonyl (C=O) groups excluding carboxylic acids is 2. The number of alkyl halides is 1. The van der Waals surface area contributed by atoms with Crippen molar-refractivity contribution in [3.8, 4) is 5.75 Å². The molecule has 1 fully saturated rings. The Bertz CT molecular complexity index is 774. The van der Waals surface area contributed by atoms with E-state index in [0.29, 0.717) is 24.2 Å². The minimum atomic E-state index is -0.484. The molecule has 0 radical (unpaired) electrons. The quantitative estimate of drug-likeness (QED) is 0.760. The number of benzene rings is 1. The predicted molar refractivity (Wildman–Crippen MR) is 92.4 cm³/mol. The van der Waals surface area contributed by atoms with E-state index in [1.165, 1.54) is 0 Å². The van der Waals surface area contributed by atoms with Crippen LogP contribution in [0.25, 0.3) is 0 Å². The van der Waals surface area contributed by atoms with Gasteiger partial charge in [0, 0.05) is 18.0 Å². The molecule has 4 atom stereocenters. The lowest BCUT2D eigenvalue weighted by Gasteiger charge is -2.37. The summed E-state index contributed by atoms with van der Waals surface area (Å²) in [6.45, 7) is 0. The van der Waals surface area contributed by atoms with Crippen molar-refractivity contribution in [2.24, 2.45) is 5.92 Å². The number of methoxy groups -OCH3 is 1. The molecule has 1 aromatic carbocycles. The Kier molecular flexibility index (Phi) is 3.99. The lowest BCUT2D eigenvalue weighted by molar-refractivity contribution is -0.134. The SMILES string of the molecule is COc1ccccc1C1C2=C(OC3CCC(Cl)CC3C2=O)C(=O)N1C. The van der Waals surface area contributed by atoms with Crippen LogP contribution in [0.3, 0.4) is 0 Å². The number of Topliss-reactive ketones (excluding diaryl/α,β-unsaturated/α-hetero) is 1. The molecule has 2 aliphatic heterocycles. The third-order valence-electron chi connectivity index (χ3n) is 5.45. The number of rotatable bonds is 2. The van der Waals surface area contributed by atoms with Crippen molar-refractivity contribution in [2.75, 3.05) is 14.2 Å². The zero-order chi connectivity index (χ0) is 17.7. The summed E-state index contributed by atoms with van der Waals surface area (Å²) in [6.07, 6.45) is 1.87. The molecule has 1 aromatic rings. The summed E-state index contributed by atoms with van der Waals surface area (Å²) in [5.41, 5.74) is 1.24. The summed E-state index contributed by atoms with van der Waals surface area (Å²) in [7, 11) is 3.28. The van der Waals surface area contributed by atoms with Gasteiger partial charge in [-0.2, -0.15) is 0 Å². The second-order valence-corrected chi connectivity index (χ2v) is 7.46. The van der Waals surface area contributed by atoms with Gasteiger partial charge in [0.2, 0.25) is 0 Å². The average molecular weight is 362 g/mol. The highest BCUT2D eigenvalue weighted by Gasteiger charge is 2.52. The predicted octanol–water partition coefficient (Wildman–Crippen LogP) is 2.84. The zero-order valence-corrected chi connectivity index (χ0v) is 15.0. The summed E-state index contributed by atoms with van der Waals surface area (Å²) in [6, 6.07) is 6.97. The Morgan fingerprint density at radius 1 is 1.24 bits per heavy atom. The molecular weight excluding hydrogens is 342 g/mol. The molecule has 0 spiro atoms. The Labute approximate surface area is 151 Å². The van der Waals surface area contributed by atoms with Crippen molar-refractivity contribution in [2.45, 2.75) is 36.8 Å². The maximum absolute atomic E-state index is 13.2. The van der Waals surface area contributed by atoms with E-state index in [2.05, 4.69) is 0 Å². The van der Waals surface area contributed by atoms with Gasteiger partial charge in [-0.3, -0.25) is 9.59 Å². The van der Waals surface area contributed by atoms with Gasteiger partial charge in [0.25, 0.3) is 5.91 Å². The van der Waals surface area contributed by atoms with E-state index in [4.69, 9.17) is 21.1 Å². The third-order valence-corrected chi connectivity index (χ3v) is 5.84. The first-order valence-corrected chi connectivity index (χ1v) is 8.95. The maximum atomic E-state index is 13.2. The second-order valence-electron chi connectivity index (χ2n) is 6.84. The number of likely N-dealkylation sites (N-methyl/N-ethyl adjacent to an activating group) is 1. The summed E-state index contributed by atoms with van der Waals surface area (Å²) in [5.74, 6) is 0.329. The fourth-order valence-corrected chi connectivity index (χ4v) is 4.50. The van der Waals surface area contributed by atoms with Crippen LogP contribution in [0.15, 0.2) is 35.6 Å². The summed E-state index contributed by atoms with van der Waals surface area (Å²) >= 11 is 6.28. The van der Waals surface area contributed by atoms with Crippen LogP contribution in [0, 0.1) is 5.92 Å². The molecule has 0 saturated heterocycles. The Balaban J connectivity index is 1.80. The lowest BCUT2D eigenvalue weighted by atomic mass is 9.77. The van der Waals surface area contributed by atoms with E-state index >= 15 is 0 Å². The van der Waals surface area contributed by atoms with Gasteiger partial charge in [-0.25, -0.2) is 0 Å². The van der Waals surface area contributed by atoms with E-state index < -0.39 is 6.04 Å². The minimum Gasteiger partial charge on any atom is -0.496 e. The largest absolute Gasteiger partial charge is 0.496 e. The molecule has 5 nitrogen and oxygen atoms in total. The molecule has 25 heavy (non-hydrogen) atoms. The number of fused-ring (bicyclic) bond motifs is 1. The Morgan fingerprint density at radius 2 is 2.00 bits per heavy atom. The van der Waals surface area contributed by atoms with Crippen molar-refractivity contribution < 1.29 is 19.1 Å². The summed E-state index contributed by atoms with van der Waals surface area (Å²) in [4.78, 5) is 27.5. The van der Waals surface area contributed by atoms with Gasteiger partial charge in [0.1, 0.15) is 11.9 Å². The first kappa shape index (κ1) is 16.5. The Hall–Kier alpha value is -2.01. The molecule has 1 saturated carbocycles. The second kappa shape index (κ2) is 6.06. The van der Waals surface area contributed by atoms with Crippen molar-refractivity contribution in [3.63, 3.8) is 0 Å². The molecule has 0 aromatic heterocycles. The summed E-state index contributed by atoms with van der Waals surface area (Å²) < 4.78 is 11.5. The molecule has 2 heterocycles. The molecule has 6 heteroatoms. The highest BCUT2D eigenvalue weighted by molar-refractivity contribution is 6.21. The van der Waals surface area contributed by atoms with Gasteiger partial charge in [0.05, 0.1) is 24.6 Å². The van der Waals surface area contributed by atoms with E-state index in [1.807, 2.05) is 24.3 Å². The van der Waals surface area contributed by atoms with Crippen LogP contribution >= 0.6 is 11.6 Å². The number of ketones is 1. The van der Waals surface area contributed by atoms with E-state index in [0.717, 1.165) is 12.0 Å². The van der Waals surface area contributed by atoms with Crippen molar-refractivity contribution in [3.05, 3.63) is 41.2 Å². The van der Waals surface area contributed by atoms with Gasteiger partial charge in [-0.1, -0.05) is 18.2 Å². The lowest BCUT2D eigenvalue weighted by Crippen LogP contribution is -2.41. The molecular formula is C19H20ClNO4. The number of ether oxygens (including phenoxy) is 2. The number of hydrogen-bond donors (Lipinski definition) is 0. The molecule has 4 unspecified atom stereocenters. The number of nitrogens with zero attached hydrogens (tertiary/aromatic N) is 1.